The molecule has 0 radical (unpaired) electrons. The number of thiophene rings is 1. The van der Waals surface area contributed by atoms with Crippen LogP contribution in [0.2, 0.25) is 0 Å². The van der Waals surface area contributed by atoms with Crippen molar-refractivity contribution in [3.05, 3.63) is 76.5 Å². The molecule has 158 valence electrons. The lowest BCUT2D eigenvalue weighted by Gasteiger charge is -2.36. The minimum Gasteiger partial charge on any atom is -0.368 e. The first-order chi connectivity index (χ1) is 15.0. The van der Waals surface area contributed by atoms with Crippen molar-refractivity contribution >= 4 is 33.1 Å². The van der Waals surface area contributed by atoms with Crippen molar-refractivity contribution in [3.63, 3.8) is 0 Å². The zero-order chi connectivity index (χ0) is 21.5. The number of rotatable bonds is 3. The Balaban J connectivity index is 1.36. The fraction of sp³-hybridized carbons (Fsp3) is 0.250. The number of nitrogens with zero attached hydrogens (tertiary/aromatic N) is 4. The van der Waals surface area contributed by atoms with Crippen LogP contribution < -0.4 is 4.90 Å². The second-order valence-electron chi connectivity index (χ2n) is 7.92. The topological polar surface area (TPSA) is 41.4 Å². The number of hydrogen-bond donors (Lipinski definition) is 0. The predicted octanol–water partition coefficient (Wildman–Crippen LogP) is 4.81. The minimum absolute atomic E-state index is 0.0650. The largest absolute Gasteiger partial charge is 0.368 e. The Morgan fingerprint density at radius 3 is 2.42 bits per heavy atom. The van der Waals surface area contributed by atoms with Gasteiger partial charge in [-0.05, 0) is 61.9 Å². The van der Waals surface area contributed by atoms with Crippen LogP contribution in [0.5, 0.6) is 0 Å². The Morgan fingerprint density at radius 2 is 1.71 bits per heavy atom. The molecule has 2 aromatic carbocycles. The number of amides is 1. The van der Waals surface area contributed by atoms with E-state index in [1.54, 1.807) is 12.1 Å². The minimum atomic E-state index is -0.234. The predicted molar refractivity (Wildman–Crippen MR) is 123 cm³/mol. The number of aromatic nitrogens is 2. The summed E-state index contributed by atoms with van der Waals surface area (Å²) in [6.07, 6.45) is 0. The standard InChI is InChI=1S/C24H23FN4OS/c1-16-4-3-5-20(14-16)29-24-21(17(2)26-29)15-22(31-24)23(30)28-12-10-27(11-13-28)19-8-6-18(25)7-9-19/h3-9,14-15H,10-13H2,1-2H3. The van der Waals surface area contributed by atoms with Crippen LogP contribution in [0.3, 0.4) is 0 Å². The molecule has 0 unspecified atom stereocenters. The number of aryl methyl sites for hydroxylation is 2. The van der Waals surface area contributed by atoms with Gasteiger partial charge in [0.2, 0.25) is 0 Å². The molecule has 3 heterocycles. The molecule has 1 saturated heterocycles. The fourth-order valence-electron chi connectivity index (χ4n) is 4.06. The van der Waals surface area contributed by atoms with Crippen LogP contribution in [-0.2, 0) is 0 Å². The van der Waals surface area contributed by atoms with Crippen LogP contribution in [0.25, 0.3) is 15.9 Å². The highest BCUT2D eigenvalue weighted by molar-refractivity contribution is 7.20. The molecule has 4 aromatic rings. The molecule has 5 nitrogen and oxygen atoms in total. The van der Waals surface area contributed by atoms with Gasteiger partial charge < -0.3 is 9.80 Å². The molecular formula is C24H23FN4OS. The van der Waals surface area contributed by atoms with E-state index in [4.69, 9.17) is 5.10 Å². The number of benzene rings is 2. The summed E-state index contributed by atoms with van der Waals surface area (Å²) in [7, 11) is 0. The summed E-state index contributed by atoms with van der Waals surface area (Å²) in [6, 6.07) is 16.7. The van der Waals surface area contributed by atoms with E-state index in [9.17, 15) is 9.18 Å². The normalized spacial score (nSPS) is 14.4. The number of fused-ring (bicyclic) bond motifs is 1. The van der Waals surface area contributed by atoms with Gasteiger partial charge in [0.15, 0.2) is 0 Å². The lowest BCUT2D eigenvalue weighted by molar-refractivity contribution is 0.0751. The van der Waals surface area contributed by atoms with Gasteiger partial charge in [-0.15, -0.1) is 11.3 Å². The van der Waals surface area contributed by atoms with Gasteiger partial charge in [-0.1, -0.05) is 12.1 Å². The van der Waals surface area contributed by atoms with Crippen molar-refractivity contribution in [2.24, 2.45) is 0 Å². The van der Waals surface area contributed by atoms with Crippen LogP contribution >= 0.6 is 11.3 Å². The second kappa shape index (κ2) is 7.81. The van der Waals surface area contributed by atoms with Crippen LogP contribution in [0.15, 0.2) is 54.6 Å². The first-order valence-electron chi connectivity index (χ1n) is 10.4. The van der Waals surface area contributed by atoms with E-state index >= 15 is 0 Å². The lowest BCUT2D eigenvalue weighted by atomic mass is 10.2. The number of carbonyl (C=O) groups is 1. The molecule has 0 N–H and O–H groups in total. The maximum absolute atomic E-state index is 13.2. The molecule has 31 heavy (non-hydrogen) atoms. The zero-order valence-corrected chi connectivity index (χ0v) is 18.3. The first kappa shape index (κ1) is 19.8. The Bertz CT molecular complexity index is 1250. The van der Waals surface area contributed by atoms with E-state index in [0.717, 1.165) is 45.3 Å². The average Bonchev–Trinajstić information content (AvgIpc) is 3.34. The van der Waals surface area contributed by atoms with Gasteiger partial charge in [0.25, 0.3) is 5.91 Å². The smallest absolute Gasteiger partial charge is 0.264 e. The number of halogens is 1. The molecule has 0 atom stereocenters. The Labute approximate surface area is 184 Å². The molecule has 0 spiro atoms. The number of carbonyl (C=O) groups excluding carboxylic acids is 1. The fourth-order valence-corrected chi connectivity index (χ4v) is 5.21. The van der Waals surface area contributed by atoms with E-state index in [0.29, 0.717) is 13.1 Å². The summed E-state index contributed by atoms with van der Waals surface area (Å²) in [5.41, 5.74) is 4.09. The molecular weight excluding hydrogens is 411 g/mol. The van der Waals surface area contributed by atoms with Crippen LogP contribution in [0, 0.1) is 19.7 Å². The van der Waals surface area contributed by atoms with E-state index in [1.807, 2.05) is 34.7 Å². The highest BCUT2D eigenvalue weighted by Crippen LogP contribution is 2.31. The first-order valence-corrected chi connectivity index (χ1v) is 11.2. The number of anilines is 1. The SMILES string of the molecule is Cc1cccc(-n2nc(C)c3cc(C(=O)N4CCN(c5ccc(F)cc5)CC4)sc32)c1. The summed E-state index contributed by atoms with van der Waals surface area (Å²) < 4.78 is 15.1. The van der Waals surface area contributed by atoms with E-state index in [1.165, 1.54) is 29.0 Å². The van der Waals surface area contributed by atoms with E-state index in [2.05, 4.69) is 24.0 Å². The molecule has 1 aliphatic rings. The third-order valence-electron chi connectivity index (χ3n) is 5.76. The van der Waals surface area contributed by atoms with E-state index in [-0.39, 0.29) is 11.7 Å². The van der Waals surface area contributed by atoms with Gasteiger partial charge in [0.1, 0.15) is 10.6 Å². The number of hydrogen-bond acceptors (Lipinski definition) is 4. The zero-order valence-electron chi connectivity index (χ0n) is 17.5. The van der Waals surface area contributed by atoms with Crippen molar-refractivity contribution in [2.45, 2.75) is 13.8 Å². The third kappa shape index (κ3) is 3.70. The van der Waals surface area contributed by atoms with Crippen molar-refractivity contribution in [3.8, 4) is 5.69 Å². The maximum atomic E-state index is 13.2. The van der Waals surface area contributed by atoms with E-state index < -0.39 is 0 Å². The molecule has 2 aromatic heterocycles. The second-order valence-corrected chi connectivity index (χ2v) is 8.95. The van der Waals surface area contributed by atoms with Crippen molar-refractivity contribution in [1.82, 2.24) is 14.7 Å². The summed E-state index contributed by atoms with van der Waals surface area (Å²) in [5, 5.41) is 5.72. The van der Waals surface area contributed by atoms with Gasteiger partial charge in [-0.25, -0.2) is 9.07 Å². The maximum Gasteiger partial charge on any atom is 0.264 e. The molecule has 0 saturated carbocycles. The molecule has 1 fully saturated rings. The Hall–Kier alpha value is -3.19. The molecule has 1 amide bonds. The lowest BCUT2D eigenvalue weighted by Crippen LogP contribution is -2.48. The summed E-state index contributed by atoms with van der Waals surface area (Å²) in [6.45, 7) is 6.81. The van der Waals surface area contributed by atoms with Crippen LogP contribution in [0.4, 0.5) is 10.1 Å². The van der Waals surface area contributed by atoms with Crippen LogP contribution in [0.1, 0.15) is 20.9 Å². The number of piperazine rings is 1. The Morgan fingerprint density at radius 1 is 0.968 bits per heavy atom. The highest BCUT2D eigenvalue weighted by Gasteiger charge is 2.25. The van der Waals surface area contributed by atoms with Crippen molar-refractivity contribution in [1.29, 1.82) is 0 Å². The van der Waals surface area contributed by atoms with Gasteiger partial charge in [0.05, 0.1) is 16.3 Å². The Kier molecular flexibility index (Phi) is 4.98. The van der Waals surface area contributed by atoms with Gasteiger partial charge in [-0.2, -0.15) is 5.10 Å². The van der Waals surface area contributed by atoms with Crippen molar-refractivity contribution < 1.29 is 9.18 Å². The van der Waals surface area contributed by atoms with Gasteiger partial charge in [-0.3, -0.25) is 4.79 Å². The quantitative estimate of drug-likeness (QED) is 0.465. The summed E-state index contributed by atoms with van der Waals surface area (Å²) >= 11 is 1.50. The molecule has 5 rings (SSSR count). The van der Waals surface area contributed by atoms with Gasteiger partial charge >= 0.3 is 0 Å². The summed E-state index contributed by atoms with van der Waals surface area (Å²) in [5.74, 6) is -0.169. The van der Waals surface area contributed by atoms with Crippen LogP contribution in [-0.4, -0.2) is 46.8 Å². The van der Waals surface area contributed by atoms with Gasteiger partial charge in [0, 0.05) is 37.3 Å². The average molecular weight is 435 g/mol. The highest BCUT2D eigenvalue weighted by atomic mass is 32.1. The monoisotopic (exact) mass is 434 g/mol. The third-order valence-corrected chi connectivity index (χ3v) is 6.86. The summed E-state index contributed by atoms with van der Waals surface area (Å²) in [4.78, 5) is 19.0. The molecule has 0 aliphatic carbocycles. The molecule has 0 bridgehead atoms. The van der Waals surface area contributed by atoms with Crippen molar-refractivity contribution in [2.75, 3.05) is 31.1 Å². The molecule has 7 heteroatoms. The molecule has 1 aliphatic heterocycles.